The zero-order valence-corrected chi connectivity index (χ0v) is 24.2. The van der Waals surface area contributed by atoms with Gasteiger partial charge in [-0.15, -0.1) is 0 Å². The molecule has 0 radical (unpaired) electrons. The van der Waals surface area contributed by atoms with Gasteiger partial charge in [0.25, 0.3) is 5.91 Å². The van der Waals surface area contributed by atoms with Crippen molar-refractivity contribution in [3.05, 3.63) is 71.8 Å². The quantitative estimate of drug-likeness (QED) is 0.211. The summed E-state index contributed by atoms with van der Waals surface area (Å²) in [4.78, 5) is 40.6. The van der Waals surface area contributed by atoms with E-state index in [4.69, 9.17) is 0 Å². The van der Waals surface area contributed by atoms with Crippen LogP contribution in [0.1, 0.15) is 57.1 Å². The van der Waals surface area contributed by atoms with Crippen molar-refractivity contribution in [2.75, 3.05) is 27.7 Å². The fraction of sp³-hybridized carbons (Fsp3) is 0.467. The van der Waals surface area contributed by atoms with Gasteiger partial charge in [0.15, 0.2) is 6.54 Å². The average molecular weight is 543 g/mol. The van der Waals surface area contributed by atoms with Gasteiger partial charge in [-0.3, -0.25) is 14.4 Å². The lowest BCUT2D eigenvalue weighted by Gasteiger charge is -2.24. The number of hydrogen-bond donors (Lipinski definition) is 1. The van der Waals surface area contributed by atoms with Crippen LogP contribution in [0.25, 0.3) is 0 Å². The fourth-order valence-corrected chi connectivity index (χ4v) is 4.21. The number of nitrogens with zero attached hydrogens (tertiary/aromatic N) is 3. The number of ketones is 1. The number of carbonyl (C=O) groups is 3. The molecule has 0 saturated heterocycles. The molecule has 7 nitrogen and oxygen atoms in total. The van der Waals surface area contributed by atoms with Crippen molar-refractivity contribution in [2.24, 2.45) is 11.0 Å². The molecule has 0 heterocycles. The second kappa shape index (κ2) is 16.7. The second-order valence-electron chi connectivity index (χ2n) is 10.5. The van der Waals surface area contributed by atoms with Gasteiger partial charge >= 0.3 is 0 Å². The molecular weight excluding hydrogens is 500 g/mol. The van der Waals surface area contributed by atoms with Crippen molar-refractivity contribution in [3.8, 4) is 0 Å². The van der Waals surface area contributed by atoms with Crippen molar-refractivity contribution >= 4 is 23.3 Å². The van der Waals surface area contributed by atoms with E-state index in [2.05, 4.69) is 10.5 Å². The van der Waals surface area contributed by atoms with Gasteiger partial charge < -0.3 is 21.8 Å². The first-order valence-electron chi connectivity index (χ1n) is 13.2. The van der Waals surface area contributed by atoms with Gasteiger partial charge in [0, 0.05) is 31.6 Å². The molecule has 0 aliphatic heterocycles. The van der Waals surface area contributed by atoms with E-state index in [-0.39, 0.29) is 43.0 Å². The number of halogens is 1. The third-order valence-corrected chi connectivity index (χ3v) is 6.02. The van der Waals surface area contributed by atoms with Gasteiger partial charge in [-0.05, 0) is 30.4 Å². The van der Waals surface area contributed by atoms with Crippen molar-refractivity contribution in [1.29, 1.82) is 0 Å². The molecular formula is C30H43ClN4O3. The third kappa shape index (κ3) is 12.0. The number of hydrogen-bond acceptors (Lipinski definition) is 4. The van der Waals surface area contributed by atoms with Crippen LogP contribution in [0.15, 0.2) is 65.8 Å². The van der Waals surface area contributed by atoms with Crippen LogP contribution in [0.3, 0.4) is 0 Å². The van der Waals surface area contributed by atoms with Gasteiger partial charge in [0.1, 0.15) is 5.78 Å². The Morgan fingerprint density at radius 3 is 1.82 bits per heavy atom. The summed E-state index contributed by atoms with van der Waals surface area (Å²) >= 11 is 0. The Hall–Kier alpha value is -3.03. The predicted molar refractivity (Wildman–Crippen MR) is 149 cm³/mol. The molecule has 1 unspecified atom stereocenters. The Balaban J connectivity index is 0.00000722. The van der Waals surface area contributed by atoms with Gasteiger partial charge in [0.05, 0.1) is 27.1 Å². The lowest BCUT2D eigenvalue weighted by molar-refractivity contribution is -0.862. The molecule has 2 amide bonds. The molecule has 2 aromatic carbocycles. The van der Waals surface area contributed by atoms with Crippen LogP contribution in [0.2, 0.25) is 0 Å². The number of quaternary nitrogens is 1. The number of Topliss-reactive ketones (excluding diaryl/α,β-unsaturated/α-hetero) is 1. The van der Waals surface area contributed by atoms with E-state index in [0.29, 0.717) is 42.5 Å². The molecule has 0 spiro atoms. The number of benzene rings is 2. The van der Waals surface area contributed by atoms with E-state index in [1.807, 2.05) is 101 Å². The lowest BCUT2D eigenvalue weighted by Crippen LogP contribution is -3.00. The highest BCUT2D eigenvalue weighted by Crippen LogP contribution is 2.17. The highest BCUT2D eigenvalue weighted by atomic mass is 35.5. The number of hydrazone groups is 1. The lowest BCUT2D eigenvalue weighted by atomic mass is 9.90. The molecule has 2 aromatic rings. The summed E-state index contributed by atoms with van der Waals surface area (Å²) in [6.45, 7) is 5.16. The maximum absolute atomic E-state index is 13.5. The summed E-state index contributed by atoms with van der Waals surface area (Å²) in [5.74, 6) is -0.545. The van der Waals surface area contributed by atoms with Gasteiger partial charge in [-0.1, -0.05) is 74.5 Å². The number of amides is 2. The van der Waals surface area contributed by atoms with Crippen molar-refractivity contribution < 1.29 is 31.3 Å². The molecule has 0 saturated carbocycles. The molecule has 0 bridgehead atoms. The smallest absolute Gasteiger partial charge is 0.295 e. The van der Waals surface area contributed by atoms with Crippen LogP contribution >= 0.6 is 0 Å². The maximum atomic E-state index is 13.5. The van der Waals surface area contributed by atoms with Crippen molar-refractivity contribution in [1.82, 2.24) is 10.3 Å². The monoisotopic (exact) mass is 542 g/mol. The Labute approximate surface area is 234 Å². The molecule has 38 heavy (non-hydrogen) atoms. The van der Waals surface area contributed by atoms with E-state index < -0.39 is 5.92 Å². The Morgan fingerprint density at radius 1 is 0.842 bits per heavy atom. The van der Waals surface area contributed by atoms with E-state index in [0.717, 1.165) is 17.5 Å². The Morgan fingerprint density at radius 2 is 1.37 bits per heavy atom. The highest BCUT2D eigenvalue weighted by molar-refractivity contribution is 6.06. The average Bonchev–Trinajstić information content (AvgIpc) is 2.85. The van der Waals surface area contributed by atoms with Crippen LogP contribution in [0.4, 0.5) is 0 Å². The van der Waals surface area contributed by atoms with Gasteiger partial charge in [0.2, 0.25) is 5.91 Å². The summed E-state index contributed by atoms with van der Waals surface area (Å²) in [6, 6.07) is 19.8. The minimum atomic E-state index is -0.408. The molecule has 0 aromatic heterocycles. The number of nitrogens with one attached hydrogen (secondary N) is 1. The molecule has 0 fully saturated rings. The van der Waals surface area contributed by atoms with Crippen molar-refractivity contribution in [3.63, 3.8) is 0 Å². The highest BCUT2D eigenvalue weighted by Gasteiger charge is 2.25. The number of likely N-dealkylation sites (N-methyl/N-ethyl adjacent to an activating group) is 1. The van der Waals surface area contributed by atoms with Crippen molar-refractivity contribution in [2.45, 2.75) is 59.0 Å². The first-order chi connectivity index (χ1) is 17.6. The molecule has 0 aliphatic rings. The predicted octanol–water partition coefficient (Wildman–Crippen LogP) is 1.57. The third-order valence-electron chi connectivity index (χ3n) is 6.02. The minimum absolute atomic E-state index is 0. The van der Waals surface area contributed by atoms with Crippen LogP contribution in [0.5, 0.6) is 0 Å². The van der Waals surface area contributed by atoms with Crippen LogP contribution in [-0.4, -0.2) is 60.4 Å². The molecule has 1 N–H and O–H groups in total. The van der Waals surface area contributed by atoms with Crippen LogP contribution < -0.4 is 17.8 Å². The molecule has 0 aliphatic carbocycles. The van der Waals surface area contributed by atoms with E-state index >= 15 is 0 Å². The van der Waals surface area contributed by atoms with Gasteiger partial charge in [-0.25, -0.2) is 5.43 Å². The molecule has 8 heteroatoms. The fourth-order valence-electron chi connectivity index (χ4n) is 4.21. The SMILES string of the molecule is CCCC(=O)C(CC)C(CCC(=O)N(Cc1ccccc1)Cc1ccccc1)=NNC(=O)C[N+](C)(C)C.[Cl-]. The summed E-state index contributed by atoms with van der Waals surface area (Å²) in [5, 5.41) is 4.40. The summed E-state index contributed by atoms with van der Waals surface area (Å²) < 4.78 is 0.467. The topological polar surface area (TPSA) is 78.8 Å². The largest absolute Gasteiger partial charge is 1.00 e. The standard InChI is InChI=1S/C30H42N4O3.ClH/c1-6-14-28(35)26(7-2)27(31-32-29(36)23-34(3,4)5)19-20-30(37)33(21-24-15-10-8-11-16-24)22-25-17-12-9-13-18-25;/h8-13,15-18,26H,6-7,14,19-23H2,1-5H3;1H. The summed E-state index contributed by atoms with van der Waals surface area (Å²) in [7, 11) is 5.78. The second-order valence-corrected chi connectivity index (χ2v) is 10.5. The molecule has 2 rings (SSSR count). The first-order valence-corrected chi connectivity index (χ1v) is 13.2. The van der Waals surface area contributed by atoms with Crippen LogP contribution in [-0.2, 0) is 27.5 Å². The number of rotatable bonds is 15. The Kier molecular flexibility index (Phi) is 14.5. The zero-order chi connectivity index (χ0) is 27.3. The van der Waals surface area contributed by atoms with Gasteiger partial charge in [-0.2, -0.15) is 5.10 Å². The zero-order valence-electron chi connectivity index (χ0n) is 23.5. The Bertz CT molecular complexity index is 995. The summed E-state index contributed by atoms with van der Waals surface area (Å²) in [6.07, 6.45) is 2.30. The minimum Gasteiger partial charge on any atom is -1.00 e. The molecule has 208 valence electrons. The van der Waals surface area contributed by atoms with E-state index in [1.165, 1.54) is 0 Å². The maximum Gasteiger partial charge on any atom is 0.295 e. The van der Waals surface area contributed by atoms with E-state index in [9.17, 15) is 14.4 Å². The summed E-state index contributed by atoms with van der Waals surface area (Å²) in [5.41, 5.74) is 5.32. The first kappa shape index (κ1) is 33.0. The number of carbonyl (C=O) groups excluding carboxylic acids is 3. The molecule has 1 atom stereocenters. The van der Waals surface area contributed by atoms with Crippen LogP contribution in [0, 0.1) is 5.92 Å². The normalized spacial score (nSPS) is 12.3. The van der Waals surface area contributed by atoms with E-state index in [1.54, 1.807) is 0 Å².